The maximum absolute atomic E-state index is 11.6. The standard InChI is InChI=1S/C10H9N3O3/c1-6-2-3-11-5-7(6)13-9(15)4-8(14)12-10(13)16/h2-3,5H,4H2,1H3,(H,12,14,16). The van der Waals surface area contributed by atoms with E-state index in [1.807, 2.05) is 0 Å². The quantitative estimate of drug-likeness (QED) is 0.692. The predicted octanol–water partition coefficient (Wildman–Crippen LogP) is 0.363. The molecule has 1 aromatic heterocycles. The Morgan fingerprint density at radius 3 is 2.75 bits per heavy atom. The van der Waals surface area contributed by atoms with Crippen LogP contribution in [0.15, 0.2) is 18.5 Å². The summed E-state index contributed by atoms with van der Waals surface area (Å²) in [7, 11) is 0. The summed E-state index contributed by atoms with van der Waals surface area (Å²) in [6.45, 7) is 1.76. The van der Waals surface area contributed by atoms with E-state index < -0.39 is 17.8 Å². The van der Waals surface area contributed by atoms with Gasteiger partial charge in [-0.1, -0.05) is 0 Å². The summed E-state index contributed by atoms with van der Waals surface area (Å²) in [5.41, 5.74) is 1.14. The monoisotopic (exact) mass is 219 g/mol. The van der Waals surface area contributed by atoms with Gasteiger partial charge >= 0.3 is 6.03 Å². The van der Waals surface area contributed by atoms with E-state index >= 15 is 0 Å². The van der Waals surface area contributed by atoms with Crippen molar-refractivity contribution in [2.24, 2.45) is 0 Å². The Labute approximate surface area is 91.3 Å². The lowest BCUT2D eigenvalue weighted by Crippen LogP contribution is -2.53. The van der Waals surface area contributed by atoms with Crippen molar-refractivity contribution in [2.45, 2.75) is 13.3 Å². The van der Waals surface area contributed by atoms with Gasteiger partial charge in [-0.2, -0.15) is 0 Å². The number of aryl methyl sites for hydroxylation is 1. The topological polar surface area (TPSA) is 79.4 Å². The third-order valence-corrected chi connectivity index (χ3v) is 2.26. The van der Waals surface area contributed by atoms with Crippen LogP contribution in [0.25, 0.3) is 0 Å². The number of amides is 4. The number of aromatic nitrogens is 1. The SMILES string of the molecule is Cc1ccncc1N1C(=O)CC(=O)NC1=O. The molecule has 0 bridgehead atoms. The molecule has 0 aliphatic carbocycles. The molecule has 82 valence electrons. The van der Waals surface area contributed by atoms with Crippen LogP contribution in [-0.4, -0.2) is 22.8 Å². The molecule has 16 heavy (non-hydrogen) atoms. The summed E-state index contributed by atoms with van der Waals surface area (Å²) in [5.74, 6) is -1.11. The third-order valence-electron chi connectivity index (χ3n) is 2.26. The molecule has 0 radical (unpaired) electrons. The van der Waals surface area contributed by atoms with E-state index in [1.54, 1.807) is 19.2 Å². The van der Waals surface area contributed by atoms with E-state index in [1.165, 1.54) is 6.20 Å². The first-order chi connectivity index (χ1) is 7.59. The maximum atomic E-state index is 11.6. The van der Waals surface area contributed by atoms with Gasteiger partial charge in [-0.05, 0) is 18.6 Å². The van der Waals surface area contributed by atoms with Crippen molar-refractivity contribution in [1.29, 1.82) is 0 Å². The summed E-state index contributed by atoms with van der Waals surface area (Å²) in [4.78, 5) is 38.8. The van der Waals surface area contributed by atoms with Gasteiger partial charge in [0, 0.05) is 6.20 Å². The second kappa shape index (κ2) is 3.73. The van der Waals surface area contributed by atoms with E-state index in [0.29, 0.717) is 5.69 Å². The molecule has 0 atom stereocenters. The van der Waals surface area contributed by atoms with Gasteiger partial charge in [0.2, 0.25) is 11.8 Å². The fourth-order valence-corrected chi connectivity index (χ4v) is 1.48. The van der Waals surface area contributed by atoms with E-state index in [4.69, 9.17) is 0 Å². The van der Waals surface area contributed by atoms with Crippen molar-refractivity contribution in [3.63, 3.8) is 0 Å². The highest BCUT2D eigenvalue weighted by Crippen LogP contribution is 2.20. The maximum Gasteiger partial charge on any atom is 0.335 e. The zero-order valence-electron chi connectivity index (χ0n) is 8.56. The number of pyridine rings is 1. The number of barbiturate groups is 1. The van der Waals surface area contributed by atoms with Crippen LogP contribution < -0.4 is 10.2 Å². The molecule has 6 heteroatoms. The fraction of sp³-hybridized carbons (Fsp3) is 0.200. The molecule has 1 aliphatic heterocycles. The average Bonchev–Trinajstić information content (AvgIpc) is 2.19. The molecule has 2 rings (SSSR count). The van der Waals surface area contributed by atoms with Gasteiger partial charge in [-0.15, -0.1) is 0 Å². The first-order valence-electron chi connectivity index (χ1n) is 4.67. The lowest BCUT2D eigenvalue weighted by atomic mass is 10.2. The molecule has 1 fully saturated rings. The van der Waals surface area contributed by atoms with Crippen molar-refractivity contribution in [3.05, 3.63) is 24.0 Å². The molecule has 0 spiro atoms. The van der Waals surface area contributed by atoms with Gasteiger partial charge in [0.25, 0.3) is 0 Å². The lowest BCUT2D eigenvalue weighted by molar-refractivity contribution is -0.128. The van der Waals surface area contributed by atoms with Gasteiger partial charge in [0.1, 0.15) is 6.42 Å². The number of carbonyl (C=O) groups excluding carboxylic acids is 3. The van der Waals surface area contributed by atoms with Crippen LogP contribution in [0.3, 0.4) is 0 Å². The van der Waals surface area contributed by atoms with Crippen LogP contribution in [0.2, 0.25) is 0 Å². The average molecular weight is 219 g/mol. The molecule has 1 N–H and O–H groups in total. The Morgan fingerprint density at radius 1 is 1.38 bits per heavy atom. The third kappa shape index (κ3) is 1.65. The van der Waals surface area contributed by atoms with Crippen molar-refractivity contribution in [3.8, 4) is 0 Å². The number of urea groups is 1. The van der Waals surface area contributed by atoms with E-state index in [2.05, 4.69) is 10.3 Å². The minimum absolute atomic E-state index is 0.319. The lowest BCUT2D eigenvalue weighted by Gasteiger charge is -2.25. The predicted molar refractivity (Wildman–Crippen MR) is 54.6 cm³/mol. The van der Waals surface area contributed by atoms with Crippen LogP contribution in [0.1, 0.15) is 12.0 Å². The number of hydrogen-bond donors (Lipinski definition) is 1. The number of nitrogens with one attached hydrogen (secondary N) is 1. The number of carbonyl (C=O) groups is 3. The van der Waals surface area contributed by atoms with Gasteiger partial charge in [0.05, 0.1) is 11.9 Å². The van der Waals surface area contributed by atoms with Crippen molar-refractivity contribution in [2.75, 3.05) is 4.90 Å². The van der Waals surface area contributed by atoms with Gasteiger partial charge in [-0.3, -0.25) is 19.9 Å². The van der Waals surface area contributed by atoms with E-state index in [9.17, 15) is 14.4 Å². The Morgan fingerprint density at radius 2 is 2.12 bits per heavy atom. The summed E-state index contributed by atoms with van der Waals surface area (Å²) in [6, 6.07) is 0.962. The van der Waals surface area contributed by atoms with Gasteiger partial charge in [0.15, 0.2) is 0 Å². The largest absolute Gasteiger partial charge is 0.335 e. The molecule has 0 aromatic carbocycles. The van der Waals surface area contributed by atoms with Gasteiger partial charge in [-0.25, -0.2) is 9.69 Å². The Bertz CT molecular complexity index is 464. The molecule has 0 unspecified atom stereocenters. The zero-order chi connectivity index (χ0) is 11.7. The number of anilines is 1. The Balaban J connectivity index is 2.41. The molecule has 4 amide bonds. The molecule has 6 nitrogen and oxygen atoms in total. The highest BCUT2D eigenvalue weighted by Gasteiger charge is 2.32. The zero-order valence-corrected chi connectivity index (χ0v) is 8.56. The molecule has 2 heterocycles. The highest BCUT2D eigenvalue weighted by molar-refractivity contribution is 6.26. The summed E-state index contributed by atoms with van der Waals surface area (Å²) in [6.07, 6.45) is 2.67. The van der Waals surface area contributed by atoms with Crippen molar-refractivity contribution in [1.82, 2.24) is 10.3 Å². The molecule has 1 aliphatic rings. The first kappa shape index (κ1) is 10.3. The molecule has 1 saturated heterocycles. The van der Waals surface area contributed by atoms with Crippen molar-refractivity contribution >= 4 is 23.5 Å². The number of nitrogens with zero attached hydrogens (tertiary/aromatic N) is 2. The highest BCUT2D eigenvalue weighted by atomic mass is 16.2. The summed E-state index contributed by atoms with van der Waals surface area (Å²) in [5, 5.41) is 2.08. The molecule has 0 saturated carbocycles. The normalized spacial score (nSPS) is 16.3. The van der Waals surface area contributed by atoms with Crippen LogP contribution in [0.5, 0.6) is 0 Å². The second-order valence-corrected chi connectivity index (χ2v) is 3.42. The molecular weight excluding hydrogens is 210 g/mol. The number of imide groups is 2. The van der Waals surface area contributed by atoms with Crippen LogP contribution in [-0.2, 0) is 9.59 Å². The number of hydrogen-bond acceptors (Lipinski definition) is 4. The first-order valence-corrected chi connectivity index (χ1v) is 4.67. The second-order valence-electron chi connectivity index (χ2n) is 3.42. The number of rotatable bonds is 1. The summed E-state index contributed by atoms with van der Waals surface area (Å²) >= 11 is 0. The smallest absolute Gasteiger partial charge is 0.277 e. The van der Waals surface area contributed by atoms with Gasteiger partial charge < -0.3 is 0 Å². The van der Waals surface area contributed by atoms with Crippen LogP contribution >= 0.6 is 0 Å². The van der Waals surface area contributed by atoms with E-state index in [-0.39, 0.29) is 6.42 Å². The molecular formula is C10H9N3O3. The van der Waals surface area contributed by atoms with E-state index in [0.717, 1.165) is 10.5 Å². The fourth-order valence-electron chi connectivity index (χ4n) is 1.48. The Hall–Kier alpha value is -2.24. The van der Waals surface area contributed by atoms with Crippen LogP contribution in [0.4, 0.5) is 10.5 Å². The minimum atomic E-state index is -0.725. The summed E-state index contributed by atoms with van der Waals surface area (Å²) < 4.78 is 0. The minimum Gasteiger partial charge on any atom is -0.277 e. The Kier molecular flexibility index (Phi) is 2.40. The molecule has 1 aromatic rings. The van der Waals surface area contributed by atoms with Crippen molar-refractivity contribution < 1.29 is 14.4 Å². The van der Waals surface area contributed by atoms with Crippen LogP contribution in [0, 0.1) is 6.92 Å².